The highest BCUT2D eigenvalue weighted by atomic mass is 35.5. The van der Waals surface area contributed by atoms with Crippen LogP contribution in [0.5, 0.6) is 0 Å². The largest absolute Gasteiger partial charge is 0.310 e. The van der Waals surface area contributed by atoms with Crippen molar-refractivity contribution in [2.24, 2.45) is 5.92 Å². The van der Waals surface area contributed by atoms with Crippen molar-refractivity contribution in [2.45, 2.75) is 46.2 Å². The molecule has 96 valence electrons. The molecule has 0 aliphatic carbocycles. The minimum Gasteiger partial charge on any atom is -0.310 e. The second-order valence-corrected chi connectivity index (χ2v) is 5.41. The fourth-order valence-electron chi connectivity index (χ4n) is 1.63. The lowest BCUT2D eigenvalue weighted by molar-refractivity contribution is 0.450. The molecule has 1 aromatic rings. The summed E-state index contributed by atoms with van der Waals surface area (Å²) in [7, 11) is 0. The van der Waals surface area contributed by atoms with Crippen LogP contribution in [0.2, 0.25) is 5.02 Å². The van der Waals surface area contributed by atoms with E-state index in [4.69, 9.17) is 11.6 Å². The summed E-state index contributed by atoms with van der Waals surface area (Å²) < 4.78 is 13.2. The second kappa shape index (κ2) is 6.97. The van der Waals surface area contributed by atoms with E-state index >= 15 is 0 Å². The maximum absolute atomic E-state index is 13.2. The summed E-state index contributed by atoms with van der Waals surface area (Å²) in [5.74, 6) is 0.382. The van der Waals surface area contributed by atoms with E-state index in [1.54, 1.807) is 6.07 Å². The monoisotopic (exact) mass is 257 g/mol. The molecule has 1 N–H and O–H groups in total. The molecule has 0 radical (unpaired) electrons. The Bertz CT molecular complexity index is 352. The Morgan fingerprint density at radius 1 is 1.24 bits per heavy atom. The lowest BCUT2D eigenvalue weighted by Gasteiger charge is -2.15. The predicted molar refractivity (Wildman–Crippen MR) is 71.8 cm³/mol. The van der Waals surface area contributed by atoms with Gasteiger partial charge >= 0.3 is 0 Å². The number of nitrogens with one attached hydrogen (secondary N) is 1. The fourth-order valence-corrected chi connectivity index (χ4v) is 1.74. The van der Waals surface area contributed by atoms with Crippen molar-refractivity contribution in [1.82, 2.24) is 5.32 Å². The quantitative estimate of drug-likeness (QED) is 0.797. The molecule has 0 amide bonds. The summed E-state index contributed by atoms with van der Waals surface area (Å²) in [5, 5.41) is 3.57. The average Bonchev–Trinajstić information content (AvgIpc) is 2.28. The highest BCUT2D eigenvalue weighted by molar-refractivity contribution is 6.30. The summed E-state index contributed by atoms with van der Waals surface area (Å²) in [6.07, 6.45) is 2.36. The molecule has 0 heterocycles. The molecule has 0 spiro atoms. The number of benzene rings is 1. The van der Waals surface area contributed by atoms with E-state index in [1.165, 1.54) is 12.5 Å². The van der Waals surface area contributed by atoms with Gasteiger partial charge in [-0.05, 0) is 43.4 Å². The molecule has 1 nitrogen and oxygen atoms in total. The predicted octanol–water partition coefficient (Wildman–Crippen LogP) is 4.39. The molecule has 0 bridgehead atoms. The molecule has 0 aliphatic rings. The van der Waals surface area contributed by atoms with Crippen molar-refractivity contribution < 1.29 is 4.39 Å². The molecule has 1 unspecified atom stereocenters. The maximum Gasteiger partial charge on any atom is 0.142 e. The van der Waals surface area contributed by atoms with Gasteiger partial charge in [-0.25, -0.2) is 4.39 Å². The highest BCUT2D eigenvalue weighted by Gasteiger charge is 2.05. The second-order valence-electron chi connectivity index (χ2n) is 5.00. The zero-order chi connectivity index (χ0) is 12.8. The SMILES string of the molecule is CC(C)CCC(C)NCc1ccc(Cl)c(F)c1. The van der Waals surface area contributed by atoms with Crippen molar-refractivity contribution in [2.75, 3.05) is 0 Å². The molecule has 1 rings (SSSR count). The van der Waals surface area contributed by atoms with Gasteiger partial charge in [-0.1, -0.05) is 31.5 Å². The summed E-state index contributed by atoms with van der Waals surface area (Å²) in [6, 6.07) is 5.40. The third-order valence-corrected chi connectivity index (χ3v) is 3.12. The summed E-state index contributed by atoms with van der Waals surface area (Å²) in [4.78, 5) is 0. The molecular weight excluding hydrogens is 237 g/mol. The Morgan fingerprint density at radius 2 is 1.94 bits per heavy atom. The van der Waals surface area contributed by atoms with Crippen LogP contribution in [-0.4, -0.2) is 6.04 Å². The number of hydrogen-bond donors (Lipinski definition) is 1. The van der Waals surface area contributed by atoms with E-state index < -0.39 is 0 Å². The van der Waals surface area contributed by atoms with Gasteiger partial charge < -0.3 is 5.32 Å². The normalized spacial score (nSPS) is 13.1. The standard InChI is InChI=1S/C14H21ClFN/c1-10(2)4-5-11(3)17-9-12-6-7-13(15)14(16)8-12/h6-8,10-11,17H,4-5,9H2,1-3H3. The number of rotatable bonds is 6. The first-order valence-corrected chi connectivity index (χ1v) is 6.54. The third kappa shape index (κ3) is 5.51. The van der Waals surface area contributed by atoms with Gasteiger partial charge in [0, 0.05) is 12.6 Å². The smallest absolute Gasteiger partial charge is 0.142 e. The van der Waals surface area contributed by atoms with Crippen LogP contribution >= 0.6 is 11.6 Å². The lowest BCUT2D eigenvalue weighted by atomic mass is 10.0. The van der Waals surface area contributed by atoms with E-state index in [1.807, 2.05) is 6.07 Å². The summed E-state index contributed by atoms with van der Waals surface area (Å²) in [5.41, 5.74) is 0.934. The number of hydrogen-bond acceptors (Lipinski definition) is 1. The molecule has 0 saturated heterocycles. The first kappa shape index (κ1) is 14.5. The van der Waals surface area contributed by atoms with Gasteiger partial charge in [0.2, 0.25) is 0 Å². The number of halogens is 2. The molecule has 1 aromatic carbocycles. The van der Waals surface area contributed by atoms with Crippen LogP contribution in [-0.2, 0) is 6.54 Å². The Morgan fingerprint density at radius 3 is 2.53 bits per heavy atom. The van der Waals surface area contributed by atoms with Crippen LogP contribution in [0.15, 0.2) is 18.2 Å². The molecule has 0 aliphatic heterocycles. The van der Waals surface area contributed by atoms with Crippen molar-refractivity contribution >= 4 is 11.6 Å². The zero-order valence-corrected chi connectivity index (χ0v) is 11.5. The Balaban J connectivity index is 2.36. The van der Waals surface area contributed by atoms with Crippen molar-refractivity contribution in [3.8, 4) is 0 Å². The molecule has 1 atom stereocenters. The highest BCUT2D eigenvalue weighted by Crippen LogP contribution is 2.15. The lowest BCUT2D eigenvalue weighted by Crippen LogP contribution is -2.25. The van der Waals surface area contributed by atoms with Gasteiger partial charge in [-0.3, -0.25) is 0 Å². The van der Waals surface area contributed by atoms with Gasteiger partial charge in [0.25, 0.3) is 0 Å². The Hall–Kier alpha value is -0.600. The molecule has 0 aromatic heterocycles. The van der Waals surface area contributed by atoms with E-state index in [9.17, 15) is 4.39 Å². The van der Waals surface area contributed by atoms with Gasteiger partial charge in [-0.2, -0.15) is 0 Å². The fraction of sp³-hybridized carbons (Fsp3) is 0.571. The third-order valence-electron chi connectivity index (χ3n) is 2.82. The van der Waals surface area contributed by atoms with Crippen LogP contribution < -0.4 is 5.32 Å². The Labute approximate surface area is 108 Å². The van der Waals surface area contributed by atoms with Crippen LogP contribution in [0, 0.1) is 11.7 Å². The minimum atomic E-state index is -0.346. The molecule has 0 saturated carbocycles. The van der Waals surface area contributed by atoms with Crippen molar-refractivity contribution in [1.29, 1.82) is 0 Å². The van der Waals surface area contributed by atoms with Gasteiger partial charge in [0.05, 0.1) is 5.02 Å². The van der Waals surface area contributed by atoms with Crippen LogP contribution in [0.1, 0.15) is 39.2 Å². The zero-order valence-electron chi connectivity index (χ0n) is 10.8. The summed E-state index contributed by atoms with van der Waals surface area (Å²) >= 11 is 5.63. The van der Waals surface area contributed by atoms with Gasteiger partial charge in [0.1, 0.15) is 5.82 Å². The van der Waals surface area contributed by atoms with E-state index in [0.29, 0.717) is 12.6 Å². The van der Waals surface area contributed by atoms with Gasteiger partial charge in [0.15, 0.2) is 0 Å². The molecule has 3 heteroatoms. The topological polar surface area (TPSA) is 12.0 Å². The Kier molecular flexibility index (Phi) is 5.93. The van der Waals surface area contributed by atoms with Gasteiger partial charge in [-0.15, -0.1) is 0 Å². The molecular formula is C14H21ClFN. The van der Waals surface area contributed by atoms with Crippen LogP contribution in [0.25, 0.3) is 0 Å². The summed E-state index contributed by atoms with van der Waals surface area (Å²) in [6.45, 7) is 7.30. The minimum absolute atomic E-state index is 0.182. The first-order chi connectivity index (χ1) is 7.99. The maximum atomic E-state index is 13.2. The van der Waals surface area contributed by atoms with Crippen LogP contribution in [0.3, 0.4) is 0 Å². The molecule has 17 heavy (non-hydrogen) atoms. The van der Waals surface area contributed by atoms with Crippen molar-refractivity contribution in [3.05, 3.63) is 34.6 Å². The van der Waals surface area contributed by atoms with E-state index in [-0.39, 0.29) is 10.8 Å². The van der Waals surface area contributed by atoms with E-state index in [2.05, 4.69) is 26.1 Å². The van der Waals surface area contributed by atoms with E-state index in [0.717, 1.165) is 17.9 Å². The van der Waals surface area contributed by atoms with Crippen LogP contribution in [0.4, 0.5) is 4.39 Å². The van der Waals surface area contributed by atoms with Crippen molar-refractivity contribution in [3.63, 3.8) is 0 Å². The average molecular weight is 258 g/mol. The first-order valence-electron chi connectivity index (χ1n) is 6.16. The molecule has 0 fully saturated rings.